The fourth-order valence-electron chi connectivity index (χ4n) is 4.78. The number of ether oxygens (including phenoxy) is 2. The third kappa shape index (κ3) is 1.87. The van der Waals surface area contributed by atoms with E-state index in [1.54, 1.807) is 0 Å². The van der Waals surface area contributed by atoms with Crippen LogP contribution in [0.25, 0.3) is 11.0 Å². The van der Waals surface area contributed by atoms with E-state index in [1.165, 1.54) is 25.6 Å². The van der Waals surface area contributed by atoms with E-state index < -0.39 is 5.79 Å². The van der Waals surface area contributed by atoms with Crippen molar-refractivity contribution in [2.75, 3.05) is 0 Å². The van der Waals surface area contributed by atoms with Crippen LogP contribution in [0.4, 0.5) is 0 Å². The summed E-state index contributed by atoms with van der Waals surface area (Å²) < 4.78 is 14.8. The average Bonchev–Trinajstić information content (AvgIpc) is 3.08. The summed E-state index contributed by atoms with van der Waals surface area (Å²) in [5, 5.41) is 1.41. The lowest BCUT2D eigenvalue weighted by Crippen LogP contribution is -2.41. The maximum Gasteiger partial charge on any atom is 0.163 e. The molecule has 2 aliphatic carbocycles. The van der Waals surface area contributed by atoms with E-state index in [-0.39, 0.29) is 23.7 Å². The lowest BCUT2D eigenvalue weighted by atomic mass is 9.66. The highest BCUT2D eigenvalue weighted by atomic mass is 35.5. The molecule has 0 bridgehead atoms. The van der Waals surface area contributed by atoms with Gasteiger partial charge in [0.1, 0.15) is 23.2 Å². The van der Waals surface area contributed by atoms with Crippen molar-refractivity contribution in [3.05, 3.63) is 23.7 Å². The van der Waals surface area contributed by atoms with Crippen LogP contribution in [0, 0.1) is 5.41 Å². The summed E-state index contributed by atoms with van der Waals surface area (Å²) in [5.41, 5.74) is 1.16. The Morgan fingerprint density at radius 1 is 1.26 bits per heavy atom. The number of halogens is 1. The van der Waals surface area contributed by atoms with Crippen molar-refractivity contribution in [3.8, 4) is 0 Å². The van der Waals surface area contributed by atoms with Crippen molar-refractivity contribution in [1.82, 2.24) is 14.5 Å². The van der Waals surface area contributed by atoms with E-state index in [0.29, 0.717) is 5.15 Å². The summed E-state index contributed by atoms with van der Waals surface area (Å²) in [6.07, 6.45) is 8.71. The SMILES string of the molecule is CC1(C)O[C@H]2[C@H](n3ccc4c(Cl)ncnc43)CC3(CCC3)[C@H]2O1. The average molecular weight is 334 g/mol. The molecule has 23 heavy (non-hydrogen) atoms. The number of nitrogens with zero attached hydrogens (tertiary/aromatic N) is 3. The quantitative estimate of drug-likeness (QED) is 0.746. The molecule has 1 spiro atoms. The van der Waals surface area contributed by atoms with Gasteiger partial charge in [-0.3, -0.25) is 0 Å². The van der Waals surface area contributed by atoms with Crippen LogP contribution in [0.2, 0.25) is 5.15 Å². The van der Waals surface area contributed by atoms with E-state index in [0.717, 1.165) is 17.5 Å². The first-order chi connectivity index (χ1) is 11.0. The summed E-state index contributed by atoms with van der Waals surface area (Å²) >= 11 is 6.21. The molecule has 3 fully saturated rings. The minimum atomic E-state index is -0.508. The molecule has 2 aromatic rings. The fraction of sp³-hybridized carbons (Fsp3) is 0.647. The number of hydrogen-bond donors (Lipinski definition) is 0. The minimum Gasteiger partial charge on any atom is -0.344 e. The Labute approximate surface area is 139 Å². The lowest BCUT2D eigenvalue weighted by molar-refractivity contribution is -0.176. The standard InChI is InChI=1S/C17H20ClN3O2/c1-16(2)22-12-11(8-17(5-3-6-17)13(12)23-16)21-7-4-10-14(18)19-9-20-15(10)21/h4,7,9,11-13H,3,5-6,8H2,1-2H3/t11-,12+,13+/m1/s1. The molecule has 122 valence electrons. The maximum atomic E-state index is 6.30. The first kappa shape index (κ1) is 14.2. The van der Waals surface area contributed by atoms with Crippen LogP contribution in [-0.4, -0.2) is 32.5 Å². The van der Waals surface area contributed by atoms with Crippen molar-refractivity contribution >= 4 is 22.6 Å². The fourth-order valence-corrected chi connectivity index (χ4v) is 4.97. The van der Waals surface area contributed by atoms with E-state index in [9.17, 15) is 0 Å². The molecule has 2 aromatic heterocycles. The van der Waals surface area contributed by atoms with Crippen molar-refractivity contribution < 1.29 is 9.47 Å². The van der Waals surface area contributed by atoms with Crippen LogP contribution in [0.3, 0.4) is 0 Å². The van der Waals surface area contributed by atoms with Gasteiger partial charge in [0.2, 0.25) is 0 Å². The van der Waals surface area contributed by atoms with Crippen LogP contribution in [0.15, 0.2) is 18.6 Å². The molecule has 0 aromatic carbocycles. The monoisotopic (exact) mass is 333 g/mol. The zero-order valence-corrected chi connectivity index (χ0v) is 14.1. The second kappa shape index (κ2) is 4.47. The first-order valence-electron chi connectivity index (χ1n) is 8.32. The zero-order valence-electron chi connectivity index (χ0n) is 13.3. The van der Waals surface area contributed by atoms with Gasteiger partial charge in [0.15, 0.2) is 5.79 Å². The molecule has 5 nitrogen and oxygen atoms in total. The predicted octanol–water partition coefficient (Wildman–Crippen LogP) is 3.72. The molecule has 6 heteroatoms. The van der Waals surface area contributed by atoms with E-state index >= 15 is 0 Å². The summed E-state index contributed by atoms with van der Waals surface area (Å²) in [4.78, 5) is 8.54. The van der Waals surface area contributed by atoms with Gasteiger partial charge < -0.3 is 14.0 Å². The van der Waals surface area contributed by atoms with E-state index in [1.807, 2.05) is 19.9 Å². The molecule has 3 aliphatic rings. The molecule has 0 unspecified atom stereocenters. The van der Waals surface area contributed by atoms with Crippen molar-refractivity contribution in [2.45, 2.75) is 63.6 Å². The van der Waals surface area contributed by atoms with Crippen LogP contribution in [0.5, 0.6) is 0 Å². The maximum absolute atomic E-state index is 6.30. The highest BCUT2D eigenvalue weighted by molar-refractivity contribution is 6.33. The molecule has 3 heterocycles. The molecule has 1 saturated heterocycles. The van der Waals surface area contributed by atoms with Gasteiger partial charge >= 0.3 is 0 Å². The Morgan fingerprint density at radius 2 is 2.09 bits per heavy atom. The zero-order chi connectivity index (χ0) is 15.8. The Kier molecular flexibility index (Phi) is 2.76. The van der Waals surface area contributed by atoms with Gasteiger partial charge in [-0.2, -0.15) is 0 Å². The Balaban J connectivity index is 1.61. The van der Waals surface area contributed by atoms with Gasteiger partial charge in [-0.1, -0.05) is 18.0 Å². The van der Waals surface area contributed by atoms with Gasteiger partial charge in [-0.05, 0) is 39.2 Å². The van der Waals surface area contributed by atoms with Gasteiger partial charge in [-0.25, -0.2) is 9.97 Å². The van der Waals surface area contributed by atoms with E-state index in [2.05, 4.69) is 20.7 Å². The highest BCUT2D eigenvalue weighted by Gasteiger charge is 2.63. The summed E-state index contributed by atoms with van der Waals surface area (Å²) in [7, 11) is 0. The molecule has 0 radical (unpaired) electrons. The number of fused-ring (bicyclic) bond motifs is 3. The van der Waals surface area contributed by atoms with Crippen molar-refractivity contribution in [2.24, 2.45) is 5.41 Å². The molecule has 0 amide bonds. The van der Waals surface area contributed by atoms with Gasteiger partial charge in [0.25, 0.3) is 0 Å². The van der Waals surface area contributed by atoms with Gasteiger partial charge in [-0.15, -0.1) is 0 Å². The molecule has 5 rings (SSSR count). The second-order valence-electron chi connectivity index (χ2n) is 7.63. The second-order valence-corrected chi connectivity index (χ2v) is 7.99. The minimum absolute atomic E-state index is 0.0784. The third-order valence-corrected chi connectivity index (χ3v) is 6.20. The Morgan fingerprint density at radius 3 is 2.83 bits per heavy atom. The summed E-state index contributed by atoms with van der Waals surface area (Å²) in [5.74, 6) is -0.508. The van der Waals surface area contributed by atoms with Gasteiger partial charge in [0.05, 0.1) is 17.5 Å². The van der Waals surface area contributed by atoms with Crippen LogP contribution < -0.4 is 0 Å². The van der Waals surface area contributed by atoms with Gasteiger partial charge in [0, 0.05) is 11.6 Å². The summed E-state index contributed by atoms with van der Waals surface area (Å²) in [6, 6.07) is 2.24. The number of hydrogen-bond acceptors (Lipinski definition) is 4. The van der Waals surface area contributed by atoms with Crippen molar-refractivity contribution in [3.63, 3.8) is 0 Å². The normalized spacial score (nSPS) is 34.0. The number of aromatic nitrogens is 3. The molecule has 0 N–H and O–H groups in total. The lowest BCUT2D eigenvalue weighted by Gasteiger charge is -2.42. The largest absolute Gasteiger partial charge is 0.344 e. The number of rotatable bonds is 1. The van der Waals surface area contributed by atoms with Crippen LogP contribution in [-0.2, 0) is 9.47 Å². The molecule has 3 atom stereocenters. The smallest absolute Gasteiger partial charge is 0.163 e. The molecule has 2 saturated carbocycles. The summed E-state index contributed by atoms with van der Waals surface area (Å²) in [6.45, 7) is 4.03. The van der Waals surface area contributed by atoms with E-state index in [4.69, 9.17) is 21.1 Å². The Hall–Kier alpha value is -1.17. The topological polar surface area (TPSA) is 49.2 Å². The molecular weight excluding hydrogens is 314 g/mol. The van der Waals surface area contributed by atoms with Crippen LogP contribution >= 0.6 is 11.6 Å². The highest BCUT2D eigenvalue weighted by Crippen LogP contribution is 2.62. The molecule has 1 aliphatic heterocycles. The Bertz CT molecular complexity index is 783. The van der Waals surface area contributed by atoms with Crippen molar-refractivity contribution in [1.29, 1.82) is 0 Å². The first-order valence-corrected chi connectivity index (χ1v) is 8.70. The predicted molar refractivity (Wildman–Crippen MR) is 86.3 cm³/mol. The van der Waals surface area contributed by atoms with Crippen LogP contribution in [0.1, 0.15) is 45.6 Å². The molecular formula is C17H20ClN3O2. The third-order valence-electron chi connectivity index (χ3n) is 5.89.